The van der Waals surface area contributed by atoms with Crippen molar-refractivity contribution in [3.8, 4) is 0 Å². The van der Waals surface area contributed by atoms with Crippen LogP contribution in [0, 0.1) is 0 Å². The summed E-state index contributed by atoms with van der Waals surface area (Å²) < 4.78 is 0. The van der Waals surface area contributed by atoms with Crippen LogP contribution < -0.4 is 9.80 Å². The summed E-state index contributed by atoms with van der Waals surface area (Å²) in [6, 6.07) is 14.8. The molecular formula is C25H28ClN3O2. The molecular weight excluding hydrogens is 410 g/mol. The highest BCUT2D eigenvalue weighted by Gasteiger charge is 2.42. The highest BCUT2D eigenvalue weighted by molar-refractivity contribution is 6.45. The molecule has 2 aliphatic rings. The molecule has 0 aliphatic carbocycles. The van der Waals surface area contributed by atoms with E-state index in [2.05, 4.69) is 23.6 Å². The van der Waals surface area contributed by atoms with Crippen molar-refractivity contribution in [3.63, 3.8) is 0 Å². The van der Waals surface area contributed by atoms with E-state index in [1.807, 2.05) is 36.4 Å². The first-order valence-corrected chi connectivity index (χ1v) is 11.4. The number of benzene rings is 2. The standard InChI is InChI=1S/C25H28ClN3O2/c1-3-27(4-2)20-12-14-21(15-13-20)29-24(30)22(18-8-10-19(26)11-9-18)23(25(29)31)28-16-6-5-7-17-28/h8-15H,3-7,16-17H2,1-2H3. The van der Waals surface area contributed by atoms with Gasteiger partial charge in [0, 0.05) is 36.9 Å². The van der Waals surface area contributed by atoms with Crippen LogP contribution in [0.15, 0.2) is 54.2 Å². The minimum Gasteiger partial charge on any atom is -0.372 e. The molecule has 0 bridgehead atoms. The number of piperidine rings is 1. The average Bonchev–Trinajstić information content (AvgIpc) is 3.06. The molecule has 0 saturated carbocycles. The highest BCUT2D eigenvalue weighted by atomic mass is 35.5. The van der Waals surface area contributed by atoms with Crippen molar-refractivity contribution in [1.82, 2.24) is 4.90 Å². The SMILES string of the molecule is CCN(CC)c1ccc(N2C(=O)C(c3ccc(Cl)cc3)=C(N3CCCCC3)C2=O)cc1. The number of carbonyl (C=O) groups is 2. The molecule has 2 aliphatic heterocycles. The smallest absolute Gasteiger partial charge is 0.282 e. The number of hydrogen-bond donors (Lipinski definition) is 0. The summed E-state index contributed by atoms with van der Waals surface area (Å²) in [5.74, 6) is -0.518. The monoisotopic (exact) mass is 437 g/mol. The molecule has 6 heteroatoms. The van der Waals surface area contributed by atoms with Crippen LogP contribution >= 0.6 is 11.6 Å². The van der Waals surface area contributed by atoms with Crippen molar-refractivity contribution in [3.05, 3.63) is 64.8 Å². The van der Waals surface area contributed by atoms with Gasteiger partial charge in [0.25, 0.3) is 11.8 Å². The summed E-state index contributed by atoms with van der Waals surface area (Å²) in [5.41, 5.74) is 3.39. The summed E-state index contributed by atoms with van der Waals surface area (Å²) >= 11 is 6.06. The Hall–Kier alpha value is -2.79. The molecule has 4 rings (SSSR count). The molecule has 2 aromatic carbocycles. The van der Waals surface area contributed by atoms with Crippen LogP contribution in [0.5, 0.6) is 0 Å². The molecule has 2 aromatic rings. The minimum absolute atomic E-state index is 0.243. The van der Waals surface area contributed by atoms with Crippen LogP contribution in [-0.4, -0.2) is 42.9 Å². The Kier molecular flexibility index (Phi) is 6.33. The maximum absolute atomic E-state index is 13.6. The third kappa shape index (κ3) is 4.07. The van der Waals surface area contributed by atoms with Gasteiger partial charge in [-0.2, -0.15) is 0 Å². The lowest BCUT2D eigenvalue weighted by Crippen LogP contribution is -2.37. The number of hydrogen-bond acceptors (Lipinski definition) is 4. The van der Waals surface area contributed by atoms with Crippen LogP contribution in [0.3, 0.4) is 0 Å². The second-order valence-corrected chi connectivity index (χ2v) is 8.35. The number of carbonyl (C=O) groups excluding carboxylic acids is 2. The lowest BCUT2D eigenvalue weighted by molar-refractivity contribution is -0.120. The van der Waals surface area contributed by atoms with Gasteiger partial charge in [-0.3, -0.25) is 9.59 Å². The van der Waals surface area contributed by atoms with Crippen molar-refractivity contribution < 1.29 is 9.59 Å². The first kappa shape index (κ1) is 21.4. The van der Waals surface area contributed by atoms with Crippen molar-refractivity contribution in [2.45, 2.75) is 33.1 Å². The molecule has 0 unspecified atom stereocenters. The third-order valence-corrected chi connectivity index (χ3v) is 6.35. The van der Waals surface area contributed by atoms with E-state index in [-0.39, 0.29) is 11.8 Å². The molecule has 5 nitrogen and oxygen atoms in total. The van der Waals surface area contributed by atoms with Crippen LogP contribution in [0.25, 0.3) is 5.57 Å². The zero-order valence-corrected chi connectivity index (χ0v) is 18.9. The van der Waals surface area contributed by atoms with Crippen molar-refractivity contribution >= 4 is 40.4 Å². The molecule has 31 heavy (non-hydrogen) atoms. The third-order valence-electron chi connectivity index (χ3n) is 6.10. The predicted molar refractivity (Wildman–Crippen MR) is 126 cm³/mol. The van der Waals surface area contributed by atoms with Gasteiger partial charge in [-0.05, 0) is 75.1 Å². The van der Waals surface area contributed by atoms with Gasteiger partial charge in [-0.1, -0.05) is 23.7 Å². The van der Waals surface area contributed by atoms with Crippen LogP contribution in [0.1, 0.15) is 38.7 Å². The van der Waals surface area contributed by atoms with Gasteiger partial charge in [0.2, 0.25) is 0 Å². The number of rotatable bonds is 6. The van der Waals surface area contributed by atoms with Gasteiger partial charge >= 0.3 is 0 Å². The maximum atomic E-state index is 13.6. The first-order chi connectivity index (χ1) is 15.0. The van der Waals surface area contributed by atoms with E-state index in [4.69, 9.17) is 11.6 Å². The molecule has 2 amide bonds. The topological polar surface area (TPSA) is 43.9 Å². The molecule has 2 heterocycles. The predicted octanol–water partition coefficient (Wildman–Crippen LogP) is 4.96. The number of amides is 2. The van der Waals surface area contributed by atoms with Crippen LogP contribution in [-0.2, 0) is 9.59 Å². The molecule has 0 N–H and O–H groups in total. The number of halogens is 1. The highest BCUT2D eigenvalue weighted by Crippen LogP contribution is 2.36. The normalized spacial score (nSPS) is 17.0. The number of nitrogens with zero attached hydrogens (tertiary/aromatic N) is 3. The van der Waals surface area contributed by atoms with E-state index in [1.165, 1.54) is 4.90 Å². The summed E-state index contributed by atoms with van der Waals surface area (Å²) in [6.07, 6.45) is 3.20. The zero-order valence-electron chi connectivity index (χ0n) is 18.1. The lowest BCUT2D eigenvalue weighted by Gasteiger charge is -2.29. The number of likely N-dealkylation sites (tertiary alicyclic amines) is 1. The van der Waals surface area contributed by atoms with Gasteiger partial charge in [-0.25, -0.2) is 4.90 Å². The molecule has 1 saturated heterocycles. The maximum Gasteiger partial charge on any atom is 0.282 e. The van der Waals surface area contributed by atoms with E-state index in [0.29, 0.717) is 22.0 Å². The van der Waals surface area contributed by atoms with E-state index in [9.17, 15) is 9.59 Å². The van der Waals surface area contributed by atoms with E-state index < -0.39 is 0 Å². The fraction of sp³-hybridized carbons (Fsp3) is 0.360. The van der Waals surface area contributed by atoms with Gasteiger partial charge in [0.1, 0.15) is 5.70 Å². The van der Waals surface area contributed by atoms with E-state index >= 15 is 0 Å². The fourth-order valence-electron chi connectivity index (χ4n) is 4.44. The summed E-state index contributed by atoms with van der Waals surface area (Å²) in [6.45, 7) is 7.61. The zero-order chi connectivity index (χ0) is 22.0. The van der Waals surface area contributed by atoms with Gasteiger partial charge in [0.15, 0.2) is 0 Å². The molecule has 0 radical (unpaired) electrons. The summed E-state index contributed by atoms with van der Waals surface area (Å²) in [5, 5.41) is 0.601. The van der Waals surface area contributed by atoms with Crippen LogP contribution in [0.2, 0.25) is 5.02 Å². The quantitative estimate of drug-likeness (QED) is 0.599. The lowest BCUT2D eigenvalue weighted by atomic mass is 10.0. The number of anilines is 2. The van der Waals surface area contributed by atoms with Crippen molar-refractivity contribution in [1.29, 1.82) is 0 Å². The van der Waals surface area contributed by atoms with Crippen LogP contribution in [0.4, 0.5) is 11.4 Å². The Morgan fingerprint density at radius 1 is 0.839 bits per heavy atom. The second-order valence-electron chi connectivity index (χ2n) is 7.91. The Morgan fingerprint density at radius 3 is 2.03 bits per heavy atom. The van der Waals surface area contributed by atoms with Gasteiger partial charge in [0.05, 0.1) is 11.3 Å². The van der Waals surface area contributed by atoms with Gasteiger partial charge in [-0.15, -0.1) is 0 Å². The Balaban J connectivity index is 1.73. The second kappa shape index (κ2) is 9.15. The molecule has 1 fully saturated rings. The summed E-state index contributed by atoms with van der Waals surface area (Å²) in [4.78, 5) is 32.8. The number of imide groups is 1. The molecule has 0 aromatic heterocycles. The fourth-order valence-corrected chi connectivity index (χ4v) is 4.57. The molecule has 0 atom stereocenters. The Bertz CT molecular complexity index is 988. The minimum atomic E-state index is -0.275. The molecule has 0 spiro atoms. The Labute approximate surface area is 188 Å². The largest absolute Gasteiger partial charge is 0.372 e. The molecule has 162 valence electrons. The van der Waals surface area contributed by atoms with Crippen molar-refractivity contribution in [2.75, 3.05) is 36.0 Å². The van der Waals surface area contributed by atoms with E-state index in [0.717, 1.165) is 56.7 Å². The first-order valence-electron chi connectivity index (χ1n) is 11.0. The Morgan fingerprint density at radius 2 is 1.45 bits per heavy atom. The van der Waals surface area contributed by atoms with E-state index in [1.54, 1.807) is 12.1 Å². The van der Waals surface area contributed by atoms with Gasteiger partial charge < -0.3 is 9.80 Å². The van der Waals surface area contributed by atoms with Crippen molar-refractivity contribution in [2.24, 2.45) is 0 Å². The average molecular weight is 438 g/mol. The summed E-state index contributed by atoms with van der Waals surface area (Å²) in [7, 11) is 0.